The summed E-state index contributed by atoms with van der Waals surface area (Å²) in [5.41, 5.74) is 2.29. The van der Waals surface area contributed by atoms with E-state index < -0.39 is 24.0 Å². The summed E-state index contributed by atoms with van der Waals surface area (Å²) in [6.45, 7) is 0. The monoisotopic (exact) mass is 370 g/mol. The Morgan fingerprint density at radius 3 is 2.33 bits per heavy atom. The van der Waals surface area contributed by atoms with Gasteiger partial charge in [0.2, 0.25) is 0 Å². The van der Waals surface area contributed by atoms with Gasteiger partial charge in [-0.25, -0.2) is 10.3 Å². The van der Waals surface area contributed by atoms with E-state index in [0.29, 0.717) is 11.1 Å². The molecule has 2 rings (SSSR count). The molecule has 0 saturated carbocycles. The van der Waals surface area contributed by atoms with E-state index in [1.54, 1.807) is 42.5 Å². The van der Waals surface area contributed by atoms with Crippen molar-refractivity contribution < 1.29 is 29.4 Å². The molecule has 8 heteroatoms. The number of amides is 3. The lowest BCUT2D eigenvalue weighted by atomic mass is 10.1. The third-order valence-electron chi connectivity index (χ3n) is 3.50. The molecule has 0 heterocycles. The molecule has 8 nitrogen and oxygen atoms in total. The lowest BCUT2D eigenvalue weighted by Gasteiger charge is -2.17. The number of carbonyl (C=O) groups excluding carboxylic acids is 3. The number of phenols is 1. The number of ether oxygens (including phenoxy) is 1. The molecule has 0 radical (unpaired) electrons. The Balaban J connectivity index is 2.07. The first kappa shape index (κ1) is 19.7. The quantitative estimate of drug-likeness (QED) is 0.352. The number of carbonyl (C=O) groups is 3. The van der Waals surface area contributed by atoms with Gasteiger partial charge in [-0.3, -0.25) is 20.1 Å². The van der Waals surface area contributed by atoms with Crippen LogP contribution in [0.25, 0.3) is 0 Å². The Hall–Kier alpha value is -3.65. The molecular formula is C19H18N2O6. The van der Waals surface area contributed by atoms with Crippen LogP contribution in [0, 0.1) is 0 Å². The molecule has 0 saturated heterocycles. The first-order chi connectivity index (χ1) is 13.0. The Kier molecular flexibility index (Phi) is 7.09. The van der Waals surface area contributed by atoms with E-state index >= 15 is 0 Å². The van der Waals surface area contributed by atoms with Gasteiger partial charge >= 0.3 is 6.09 Å². The van der Waals surface area contributed by atoms with Crippen LogP contribution in [0.3, 0.4) is 0 Å². The van der Waals surface area contributed by atoms with Crippen molar-refractivity contribution in [2.45, 2.75) is 12.5 Å². The standard InChI is InChI=1S/C19H18N2O6/c22-15-11-9-13(10-12-15)16(7-4-8-17(23)21-26)27-19(25)20-18(24)14-5-2-1-3-6-14/h1-6,8-12,16,22,26H,7H2,(H,21,23)(H,20,24,25)/b8-4+/t16-/m1/s1. The zero-order valence-electron chi connectivity index (χ0n) is 14.2. The summed E-state index contributed by atoms with van der Waals surface area (Å²) >= 11 is 0. The molecule has 0 aliphatic carbocycles. The van der Waals surface area contributed by atoms with Crippen molar-refractivity contribution >= 4 is 17.9 Å². The molecular weight excluding hydrogens is 352 g/mol. The van der Waals surface area contributed by atoms with E-state index in [1.807, 2.05) is 0 Å². The molecule has 4 N–H and O–H groups in total. The summed E-state index contributed by atoms with van der Waals surface area (Å²) in [6, 6.07) is 14.1. The van der Waals surface area contributed by atoms with Gasteiger partial charge in [-0.1, -0.05) is 36.4 Å². The van der Waals surface area contributed by atoms with Gasteiger partial charge in [0.05, 0.1) is 0 Å². The van der Waals surface area contributed by atoms with Crippen LogP contribution < -0.4 is 10.8 Å². The van der Waals surface area contributed by atoms with Gasteiger partial charge in [-0.15, -0.1) is 0 Å². The topological polar surface area (TPSA) is 125 Å². The summed E-state index contributed by atoms with van der Waals surface area (Å²) in [6.07, 6.45) is 0.795. The van der Waals surface area contributed by atoms with Crippen LogP contribution in [0.1, 0.15) is 28.4 Å². The molecule has 1 atom stereocenters. The van der Waals surface area contributed by atoms with Crippen molar-refractivity contribution in [1.82, 2.24) is 10.8 Å². The fourth-order valence-corrected chi connectivity index (χ4v) is 2.19. The molecule has 0 aliphatic heterocycles. The van der Waals surface area contributed by atoms with Crippen molar-refractivity contribution in [2.24, 2.45) is 0 Å². The third kappa shape index (κ3) is 6.29. The molecule has 2 aromatic carbocycles. The average molecular weight is 370 g/mol. The van der Waals surface area contributed by atoms with Crippen LogP contribution in [-0.4, -0.2) is 28.2 Å². The van der Waals surface area contributed by atoms with E-state index in [0.717, 1.165) is 6.08 Å². The Morgan fingerprint density at radius 2 is 1.70 bits per heavy atom. The summed E-state index contributed by atoms with van der Waals surface area (Å²) in [7, 11) is 0. The second-order valence-corrected chi connectivity index (χ2v) is 5.42. The highest BCUT2D eigenvalue weighted by Gasteiger charge is 2.18. The highest BCUT2D eigenvalue weighted by Crippen LogP contribution is 2.24. The van der Waals surface area contributed by atoms with E-state index in [4.69, 9.17) is 9.94 Å². The van der Waals surface area contributed by atoms with Gasteiger partial charge in [0.15, 0.2) is 0 Å². The van der Waals surface area contributed by atoms with Crippen molar-refractivity contribution in [3.8, 4) is 5.75 Å². The molecule has 3 amide bonds. The molecule has 140 valence electrons. The summed E-state index contributed by atoms with van der Waals surface area (Å²) in [5.74, 6) is -1.31. The number of rotatable bonds is 6. The fourth-order valence-electron chi connectivity index (χ4n) is 2.19. The van der Waals surface area contributed by atoms with Crippen LogP contribution in [0.2, 0.25) is 0 Å². The number of hydroxylamine groups is 1. The van der Waals surface area contributed by atoms with Gasteiger partial charge in [0, 0.05) is 18.1 Å². The van der Waals surface area contributed by atoms with Gasteiger partial charge in [0.25, 0.3) is 11.8 Å². The number of phenolic OH excluding ortho intramolecular Hbond substituents is 1. The van der Waals surface area contributed by atoms with E-state index in [1.165, 1.54) is 23.7 Å². The van der Waals surface area contributed by atoms with Crippen LogP contribution in [-0.2, 0) is 9.53 Å². The van der Waals surface area contributed by atoms with Gasteiger partial charge in [0.1, 0.15) is 11.9 Å². The van der Waals surface area contributed by atoms with E-state index in [-0.39, 0.29) is 12.2 Å². The molecule has 0 spiro atoms. The molecule has 0 aromatic heterocycles. The van der Waals surface area contributed by atoms with Gasteiger partial charge in [-0.2, -0.15) is 0 Å². The Morgan fingerprint density at radius 1 is 1.04 bits per heavy atom. The number of imide groups is 1. The second-order valence-electron chi connectivity index (χ2n) is 5.42. The van der Waals surface area contributed by atoms with E-state index in [9.17, 15) is 19.5 Å². The van der Waals surface area contributed by atoms with Crippen LogP contribution in [0.4, 0.5) is 4.79 Å². The normalized spacial score (nSPS) is 11.6. The van der Waals surface area contributed by atoms with Crippen molar-refractivity contribution in [3.63, 3.8) is 0 Å². The number of hydrogen-bond donors (Lipinski definition) is 4. The van der Waals surface area contributed by atoms with Crippen LogP contribution >= 0.6 is 0 Å². The highest BCUT2D eigenvalue weighted by molar-refractivity contribution is 6.02. The molecule has 2 aromatic rings. The minimum absolute atomic E-state index is 0.0383. The van der Waals surface area contributed by atoms with E-state index in [2.05, 4.69) is 5.32 Å². The predicted octanol–water partition coefficient (Wildman–Crippen LogP) is 2.45. The van der Waals surface area contributed by atoms with Crippen molar-refractivity contribution in [3.05, 3.63) is 77.9 Å². The number of nitrogens with one attached hydrogen (secondary N) is 2. The molecule has 0 fully saturated rings. The minimum Gasteiger partial charge on any atom is -0.508 e. The SMILES string of the molecule is O=C(/C=C/C[C@@H](OC(=O)NC(=O)c1ccccc1)c1ccc(O)cc1)NO. The maximum atomic E-state index is 12.1. The maximum Gasteiger partial charge on any atom is 0.414 e. The highest BCUT2D eigenvalue weighted by atomic mass is 16.6. The number of aromatic hydroxyl groups is 1. The van der Waals surface area contributed by atoms with Crippen LogP contribution in [0.5, 0.6) is 5.75 Å². The summed E-state index contributed by atoms with van der Waals surface area (Å²) in [5, 5.41) is 20.0. The largest absolute Gasteiger partial charge is 0.508 e. The second kappa shape index (κ2) is 9.73. The van der Waals surface area contributed by atoms with Gasteiger partial charge in [-0.05, 0) is 29.8 Å². The zero-order chi connectivity index (χ0) is 19.6. The lowest BCUT2D eigenvalue weighted by Crippen LogP contribution is -2.32. The summed E-state index contributed by atoms with van der Waals surface area (Å²) < 4.78 is 5.29. The van der Waals surface area contributed by atoms with Gasteiger partial charge < -0.3 is 9.84 Å². The average Bonchev–Trinajstić information content (AvgIpc) is 2.68. The third-order valence-corrected chi connectivity index (χ3v) is 3.50. The first-order valence-corrected chi connectivity index (χ1v) is 7.96. The smallest absolute Gasteiger partial charge is 0.414 e. The maximum absolute atomic E-state index is 12.1. The summed E-state index contributed by atoms with van der Waals surface area (Å²) in [4.78, 5) is 35.2. The molecule has 27 heavy (non-hydrogen) atoms. The Labute approximate surface area is 155 Å². The minimum atomic E-state index is -0.957. The molecule has 0 bridgehead atoms. The zero-order valence-corrected chi connectivity index (χ0v) is 14.2. The fraction of sp³-hybridized carbons (Fsp3) is 0.105. The van der Waals surface area contributed by atoms with Crippen LogP contribution in [0.15, 0.2) is 66.7 Å². The number of hydrogen-bond acceptors (Lipinski definition) is 6. The molecule has 0 unspecified atom stereocenters. The molecule has 0 aliphatic rings. The number of alkyl carbamates (subject to hydrolysis) is 1. The van der Waals surface area contributed by atoms with Crippen molar-refractivity contribution in [2.75, 3.05) is 0 Å². The predicted molar refractivity (Wildman–Crippen MR) is 94.9 cm³/mol. The lowest BCUT2D eigenvalue weighted by molar-refractivity contribution is -0.124. The van der Waals surface area contributed by atoms with Crippen molar-refractivity contribution in [1.29, 1.82) is 0 Å². The Bertz CT molecular complexity index is 818. The first-order valence-electron chi connectivity index (χ1n) is 7.96. The number of benzene rings is 2.